The van der Waals surface area contributed by atoms with E-state index in [1.807, 2.05) is 0 Å². The average molecular weight is 561 g/mol. The molecule has 0 aliphatic rings. The first-order valence-electron chi connectivity index (χ1n) is 10.4. The van der Waals surface area contributed by atoms with Crippen molar-refractivity contribution in [1.82, 2.24) is 10.6 Å². The van der Waals surface area contributed by atoms with Gasteiger partial charge in [-0.2, -0.15) is 0 Å². The summed E-state index contributed by atoms with van der Waals surface area (Å²) in [5.74, 6) is -1.19. The van der Waals surface area contributed by atoms with E-state index in [-0.39, 0.29) is 23.0 Å². The Balaban J connectivity index is 2.04. The number of anilines is 1. The molecule has 1 heterocycles. The van der Waals surface area contributed by atoms with E-state index in [9.17, 15) is 19.2 Å². The van der Waals surface area contributed by atoms with Crippen LogP contribution in [0, 0.1) is 0 Å². The molecule has 0 radical (unpaired) electrons. The van der Waals surface area contributed by atoms with Crippen molar-refractivity contribution in [2.75, 3.05) is 17.3 Å². The molecule has 0 saturated carbocycles. The van der Waals surface area contributed by atoms with E-state index in [1.54, 1.807) is 32.9 Å². The first kappa shape index (κ1) is 27.5. The molecule has 2 rings (SSSR count). The molecule has 0 aliphatic carbocycles. The second kappa shape index (κ2) is 11.6. The summed E-state index contributed by atoms with van der Waals surface area (Å²) in [6.07, 6.45) is -0.748. The van der Waals surface area contributed by atoms with Gasteiger partial charge in [0.25, 0.3) is 0 Å². The highest BCUT2D eigenvalue weighted by atomic mass is 79.9. The van der Waals surface area contributed by atoms with Gasteiger partial charge in [0.05, 0.1) is 5.39 Å². The number of rotatable bonds is 8. The molecule has 3 N–H and O–H groups in total. The van der Waals surface area contributed by atoms with E-state index in [0.717, 1.165) is 0 Å². The Hall–Kier alpha value is -2.79. The summed E-state index contributed by atoms with van der Waals surface area (Å²) >= 11 is 9.48. The summed E-state index contributed by atoms with van der Waals surface area (Å²) < 4.78 is 15.6. The number of fused-ring (bicyclic) bond motifs is 1. The number of alkyl halides is 1. The van der Waals surface area contributed by atoms with Crippen LogP contribution in [0.4, 0.5) is 10.5 Å². The van der Waals surface area contributed by atoms with Crippen LogP contribution < -0.4 is 26.3 Å². The van der Waals surface area contributed by atoms with Crippen molar-refractivity contribution in [2.24, 2.45) is 0 Å². The average Bonchev–Trinajstić information content (AvgIpc) is 2.73. The topological polar surface area (TPSA) is 136 Å². The van der Waals surface area contributed by atoms with Crippen molar-refractivity contribution in [1.29, 1.82) is 0 Å². The molecule has 2 atom stereocenters. The van der Waals surface area contributed by atoms with Gasteiger partial charge in [-0.25, -0.2) is 9.59 Å². The number of hydrogen-bond acceptors (Lipinski definition) is 7. The summed E-state index contributed by atoms with van der Waals surface area (Å²) in [5, 5.41) is 8.76. The number of ether oxygens (including phenoxy) is 2. The van der Waals surface area contributed by atoms with Crippen LogP contribution in [0.2, 0.25) is 5.02 Å². The van der Waals surface area contributed by atoms with Gasteiger partial charge < -0.3 is 29.8 Å². The molecule has 0 bridgehead atoms. The molecule has 1 aromatic carbocycles. The smallest absolute Gasteiger partial charge is 0.408 e. The SMILES string of the molecule is CC(NC(=O)[C@H](C)NC(=O)OC(C)(C)C)C(=O)Nc1ccc2c(Cl)c(OCCBr)oc(=O)c2c1. The van der Waals surface area contributed by atoms with Crippen molar-refractivity contribution < 1.29 is 28.3 Å². The summed E-state index contributed by atoms with van der Waals surface area (Å²) in [5.41, 5.74) is -1.09. The zero-order chi connectivity index (χ0) is 25.6. The van der Waals surface area contributed by atoms with Crippen LogP contribution >= 0.6 is 27.5 Å². The Labute approximate surface area is 209 Å². The van der Waals surface area contributed by atoms with Gasteiger partial charge in [0.15, 0.2) is 0 Å². The van der Waals surface area contributed by atoms with Gasteiger partial charge in [0, 0.05) is 16.4 Å². The number of carbonyl (C=O) groups excluding carboxylic acids is 3. The maximum atomic E-state index is 12.6. The molecular weight excluding hydrogens is 534 g/mol. The molecule has 34 heavy (non-hydrogen) atoms. The highest BCUT2D eigenvalue weighted by Crippen LogP contribution is 2.32. The number of alkyl carbamates (subject to hydrolysis) is 1. The van der Waals surface area contributed by atoms with Gasteiger partial charge in [0.2, 0.25) is 11.8 Å². The van der Waals surface area contributed by atoms with Gasteiger partial charge in [-0.1, -0.05) is 33.6 Å². The Morgan fingerprint density at radius 3 is 2.35 bits per heavy atom. The molecule has 1 aromatic heterocycles. The largest absolute Gasteiger partial charge is 0.463 e. The number of amides is 3. The van der Waals surface area contributed by atoms with Gasteiger partial charge in [-0.05, 0) is 46.8 Å². The van der Waals surface area contributed by atoms with E-state index >= 15 is 0 Å². The lowest BCUT2D eigenvalue weighted by Gasteiger charge is -2.22. The fourth-order valence-corrected chi connectivity index (χ4v) is 3.12. The van der Waals surface area contributed by atoms with Crippen molar-refractivity contribution in [3.05, 3.63) is 33.6 Å². The fourth-order valence-electron chi connectivity index (χ4n) is 2.70. The molecule has 3 amide bonds. The number of benzene rings is 1. The highest BCUT2D eigenvalue weighted by Gasteiger charge is 2.24. The van der Waals surface area contributed by atoms with Crippen molar-refractivity contribution in [2.45, 2.75) is 52.3 Å². The normalized spacial score (nSPS) is 13.0. The zero-order valence-corrected chi connectivity index (χ0v) is 21.8. The third-order valence-electron chi connectivity index (χ3n) is 4.30. The van der Waals surface area contributed by atoms with E-state index in [0.29, 0.717) is 16.4 Å². The minimum absolute atomic E-state index is 0.0825. The Morgan fingerprint density at radius 2 is 1.74 bits per heavy atom. The third kappa shape index (κ3) is 7.63. The Kier molecular flexibility index (Phi) is 9.34. The molecule has 2 aromatic rings. The second-order valence-electron chi connectivity index (χ2n) is 8.38. The van der Waals surface area contributed by atoms with Crippen LogP contribution in [-0.4, -0.2) is 47.5 Å². The maximum Gasteiger partial charge on any atom is 0.408 e. The van der Waals surface area contributed by atoms with Crippen molar-refractivity contribution in [3.63, 3.8) is 0 Å². The predicted octanol–water partition coefficient (Wildman–Crippen LogP) is 3.58. The molecular formula is C22H27BrClN3O7. The number of carbonyl (C=O) groups is 3. The van der Waals surface area contributed by atoms with Crippen LogP contribution in [-0.2, 0) is 14.3 Å². The predicted molar refractivity (Wildman–Crippen MR) is 132 cm³/mol. The standard InChI is InChI=1S/C22H27BrClN3O7/c1-11(25-17(28)12(2)26-21(31)34-22(3,4)5)18(29)27-13-6-7-14-15(10-13)19(30)33-20(16(14)24)32-9-8-23/h6-7,10-12H,8-9H2,1-5H3,(H,25,28)(H,26,31)(H,27,29)/t11?,12-/m0/s1. The Bertz CT molecular complexity index is 1130. The number of hydrogen-bond donors (Lipinski definition) is 3. The lowest BCUT2D eigenvalue weighted by Crippen LogP contribution is -2.51. The van der Waals surface area contributed by atoms with Crippen LogP contribution in [0.25, 0.3) is 10.8 Å². The van der Waals surface area contributed by atoms with Crippen LogP contribution in [0.3, 0.4) is 0 Å². The minimum Gasteiger partial charge on any atom is -0.463 e. The molecule has 10 nitrogen and oxygen atoms in total. The molecule has 0 spiro atoms. The lowest BCUT2D eigenvalue weighted by molar-refractivity contribution is -0.127. The summed E-state index contributed by atoms with van der Waals surface area (Å²) in [6, 6.07) is 2.66. The number of halogens is 2. The van der Waals surface area contributed by atoms with E-state index in [2.05, 4.69) is 31.9 Å². The van der Waals surface area contributed by atoms with Gasteiger partial charge in [0.1, 0.15) is 29.3 Å². The molecule has 0 saturated heterocycles. The van der Waals surface area contributed by atoms with E-state index in [1.165, 1.54) is 19.9 Å². The zero-order valence-electron chi connectivity index (χ0n) is 19.4. The maximum absolute atomic E-state index is 12.6. The number of nitrogens with one attached hydrogen (secondary N) is 3. The second-order valence-corrected chi connectivity index (χ2v) is 9.55. The van der Waals surface area contributed by atoms with Gasteiger partial charge >= 0.3 is 17.7 Å². The quantitative estimate of drug-likeness (QED) is 0.420. The first-order valence-corrected chi connectivity index (χ1v) is 11.9. The molecule has 0 aliphatic heterocycles. The fraction of sp³-hybridized carbons (Fsp3) is 0.455. The van der Waals surface area contributed by atoms with E-state index in [4.69, 9.17) is 25.5 Å². The highest BCUT2D eigenvalue weighted by molar-refractivity contribution is 9.09. The lowest BCUT2D eigenvalue weighted by atomic mass is 10.1. The summed E-state index contributed by atoms with van der Waals surface area (Å²) in [6.45, 7) is 8.31. The van der Waals surface area contributed by atoms with Crippen LogP contribution in [0.1, 0.15) is 34.6 Å². The van der Waals surface area contributed by atoms with Crippen LogP contribution in [0.5, 0.6) is 5.95 Å². The molecule has 12 heteroatoms. The summed E-state index contributed by atoms with van der Waals surface area (Å²) in [4.78, 5) is 49.1. The minimum atomic E-state index is -0.939. The first-order chi connectivity index (χ1) is 15.8. The monoisotopic (exact) mass is 559 g/mol. The molecule has 0 fully saturated rings. The molecule has 1 unspecified atom stereocenters. The molecule has 186 valence electrons. The van der Waals surface area contributed by atoms with Crippen molar-refractivity contribution >= 4 is 61.9 Å². The Morgan fingerprint density at radius 1 is 1.09 bits per heavy atom. The van der Waals surface area contributed by atoms with E-state index < -0.39 is 41.2 Å². The van der Waals surface area contributed by atoms with Crippen LogP contribution in [0.15, 0.2) is 27.4 Å². The third-order valence-corrected chi connectivity index (χ3v) is 4.98. The van der Waals surface area contributed by atoms with Crippen molar-refractivity contribution in [3.8, 4) is 5.95 Å². The van der Waals surface area contributed by atoms with Gasteiger partial charge in [-0.15, -0.1) is 0 Å². The van der Waals surface area contributed by atoms with Gasteiger partial charge in [-0.3, -0.25) is 9.59 Å². The summed E-state index contributed by atoms with van der Waals surface area (Å²) in [7, 11) is 0.